The van der Waals surface area contributed by atoms with Gasteiger partial charge < -0.3 is 14.8 Å². The van der Waals surface area contributed by atoms with Crippen molar-refractivity contribution in [2.45, 2.75) is 0 Å². The average molecular weight is 459 g/mol. The van der Waals surface area contributed by atoms with Crippen LogP contribution in [0.15, 0.2) is 61.2 Å². The molecule has 0 unspecified atom stereocenters. The van der Waals surface area contributed by atoms with Crippen LogP contribution in [0.25, 0.3) is 21.1 Å². The van der Waals surface area contributed by atoms with E-state index in [1.54, 1.807) is 38.7 Å². The summed E-state index contributed by atoms with van der Waals surface area (Å²) in [4.78, 5) is 29.6. The third-order valence-corrected chi connectivity index (χ3v) is 5.89. The molecule has 0 aliphatic carbocycles. The Hall–Kier alpha value is -4.31. The summed E-state index contributed by atoms with van der Waals surface area (Å²) in [7, 11) is 3.17. The molecule has 0 aliphatic rings. The van der Waals surface area contributed by atoms with Gasteiger partial charge in [-0.15, -0.1) is 0 Å². The first kappa shape index (κ1) is 20.6. The zero-order valence-electron chi connectivity index (χ0n) is 17.7. The van der Waals surface area contributed by atoms with Crippen molar-refractivity contribution in [2.24, 2.45) is 0 Å². The fraction of sp³-hybridized carbons (Fsp3) is 0.0870. The number of rotatable bonds is 6. The lowest BCUT2D eigenvalue weighted by Crippen LogP contribution is -2.11. The topological polar surface area (TPSA) is 111 Å². The number of carbonyl (C=O) groups excluding carboxylic acids is 1. The van der Waals surface area contributed by atoms with Crippen LogP contribution in [-0.2, 0) is 0 Å². The Morgan fingerprint density at radius 2 is 1.73 bits per heavy atom. The molecular weight excluding hydrogens is 440 g/mol. The molecule has 5 aromatic rings. The van der Waals surface area contributed by atoms with E-state index in [1.165, 1.54) is 17.7 Å². The van der Waals surface area contributed by atoms with Gasteiger partial charge in [0.15, 0.2) is 16.6 Å². The number of nitrogens with one attached hydrogen (secondary N) is 2. The molecule has 3 heterocycles. The summed E-state index contributed by atoms with van der Waals surface area (Å²) in [6.07, 6.45) is 4.65. The molecule has 0 aliphatic heterocycles. The van der Waals surface area contributed by atoms with Gasteiger partial charge in [0.05, 0.1) is 30.0 Å². The van der Waals surface area contributed by atoms with Crippen LogP contribution in [0.2, 0.25) is 0 Å². The highest BCUT2D eigenvalue weighted by Crippen LogP contribution is 2.35. The van der Waals surface area contributed by atoms with Crippen molar-refractivity contribution in [3.63, 3.8) is 0 Å². The van der Waals surface area contributed by atoms with Gasteiger partial charge in [-0.2, -0.15) is 0 Å². The quantitative estimate of drug-likeness (QED) is 0.378. The van der Waals surface area contributed by atoms with Crippen LogP contribution in [0.4, 0.5) is 16.6 Å². The molecule has 3 aromatic heterocycles. The summed E-state index contributed by atoms with van der Waals surface area (Å²) in [6.45, 7) is 0. The molecule has 1 amide bonds. The third kappa shape index (κ3) is 4.11. The fourth-order valence-corrected chi connectivity index (χ4v) is 4.25. The van der Waals surface area contributed by atoms with Gasteiger partial charge in [-0.3, -0.25) is 15.1 Å². The first-order valence-corrected chi connectivity index (χ1v) is 10.7. The van der Waals surface area contributed by atoms with Gasteiger partial charge in [0.25, 0.3) is 5.91 Å². The zero-order valence-corrected chi connectivity index (χ0v) is 18.5. The first-order valence-electron chi connectivity index (χ1n) is 9.90. The monoisotopic (exact) mass is 458 g/mol. The number of fused-ring (bicyclic) bond motifs is 2. The van der Waals surface area contributed by atoms with E-state index in [1.807, 2.05) is 30.3 Å². The molecule has 2 N–H and O–H groups in total. The summed E-state index contributed by atoms with van der Waals surface area (Å²) >= 11 is 1.39. The number of nitrogens with zero attached hydrogens (tertiary/aromatic N) is 4. The third-order valence-electron chi connectivity index (χ3n) is 4.95. The van der Waals surface area contributed by atoms with Crippen LogP contribution in [-0.4, -0.2) is 40.1 Å². The van der Waals surface area contributed by atoms with Crippen molar-refractivity contribution in [2.75, 3.05) is 24.9 Å². The standard InChI is InChI=1S/C23H18N6O3S/c1-31-18-10-15-17(11-19(18)32-2)25-12-26-21(15)27-14-3-4-16-20(9-14)33-23(28-16)29-22(30)13-5-7-24-8-6-13/h3-12H,1-2H3,(H,25,26,27)(H,28,29,30). The average Bonchev–Trinajstić information content (AvgIpc) is 3.25. The highest BCUT2D eigenvalue weighted by molar-refractivity contribution is 7.22. The van der Waals surface area contributed by atoms with E-state index in [2.05, 4.69) is 30.6 Å². The molecule has 0 fully saturated rings. The van der Waals surface area contributed by atoms with Crippen molar-refractivity contribution in [3.8, 4) is 11.5 Å². The number of ether oxygens (including phenoxy) is 2. The molecule has 10 heteroatoms. The predicted molar refractivity (Wildman–Crippen MR) is 128 cm³/mol. The number of aromatic nitrogens is 4. The van der Waals surface area contributed by atoms with Crippen LogP contribution >= 0.6 is 11.3 Å². The lowest BCUT2D eigenvalue weighted by molar-refractivity contribution is 0.102. The van der Waals surface area contributed by atoms with Crippen LogP contribution in [0, 0.1) is 0 Å². The summed E-state index contributed by atoms with van der Waals surface area (Å²) in [6, 6.07) is 12.7. The Morgan fingerprint density at radius 3 is 2.52 bits per heavy atom. The minimum atomic E-state index is -0.230. The smallest absolute Gasteiger partial charge is 0.257 e. The van der Waals surface area contributed by atoms with Crippen molar-refractivity contribution in [1.29, 1.82) is 0 Å². The van der Waals surface area contributed by atoms with Gasteiger partial charge >= 0.3 is 0 Å². The molecule has 5 rings (SSSR count). The summed E-state index contributed by atoms with van der Waals surface area (Å²) in [5, 5.41) is 7.50. The summed E-state index contributed by atoms with van der Waals surface area (Å²) < 4.78 is 11.7. The van der Waals surface area contributed by atoms with Crippen molar-refractivity contribution in [1.82, 2.24) is 19.9 Å². The van der Waals surface area contributed by atoms with Gasteiger partial charge in [-0.05, 0) is 36.4 Å². The minimum Gasteiger partial charge on any atom is -0.493 e. The van der Waals surface area contributed by atoms with Gasteiger partial charge in [0, 0.05) is 35.1 Å². The van der Waals surface area contributed by atoms with E-state index in [9.17, 15) is 4.79 Å². The molecule has 0 saturated heterocycles. The summed E-state index contributed by atoms with van der Waals surface area (Å²) in [5.41, 5.74) is 2.86. The lowest BCUT2D eigenvalue weighted by atomic mass is 10.2. The van der Waals surface area contributed by atoms with Gasteiger partial charge in [-0.1, -0.05) is 11.3 Å². The maximum Gasteiger partial charge on any atom is 0.257 e. The zero-order chi connectivity index (χ0) is 22.8. The number of thiazole rings is 1. The van der Waals surface area contributed by atoms with E-state index >= 15 is 0 Å². The van der Waals surface area contributed by atoms with E-state index in [4.69, 9.17) is 9.47 Å². The predicted octanol–water partition coefficient (Wildman–Crippen LogP) is 4.65. The molecule has 0 saturated carbocycles. The molecule has 0 bridgehead atoms. The second-order valence-corrected chi connectivity index (χ2v) is 7.99. The van der Waals surface area contributed by atoms with Crippen LogP contribution in [0.1, 0.15) is 10.4 Å². The SMILES string of the molecule is COc1cc2ncnc(Nc3ccc4nc(NC(=O)c5ccncc5)sc4c3)c2cc1OC. The Balaban J connectivity index is 1.43. The number of pyridine rings is 1. The van der Waals surface area contributed by atoms with Gasteiger partial charge in [0.2, 0.25) is 0 Å². The molecule has 164 valence electrons. The van der Waals surface area contributed by atoms with Crippen molar-refractivity contribution >= 4 is 55.0 Å². The maximum atomic E-state index is 12.4. The number of hydrogen-bond donors (Lipinski definition) is 2. The largest absolute Gasteiger partial charge is 0.493 e. The minimum absolute atomic E-state index is 0.230. The molecule has 0 radical (unpaired) electrons. The van der Waals surface area contributed by atoms with Gasteiger partial charge in [-0.25, -0.2) is 15.0 Å². The second-order valence-electron chi connectivity index (χ2n) is 6.96. The number of methoxy groups -OCH3 is 2. The Morgan fingerprint density at radius 1 is 0.939 bits per heavy atom. The van der Waals surface area contributed by atoms with Crippen LogP contribution < -0.4 is 20.1 Å². The molecule has 0 spiro atoms. The molecule has 0 atom stereocenters. The van der Waals surface area contributed by atoms with Gasteiger partial charge in [0.1, 0.15) is 12.1 Å². The maximum absolute atomic E-state index is 12.4. The highest BCUT2D eigenvalue weighted by atomic mass is 32.1. The Kier molecular flexibility index (Phi) is 5.41. The molecular formula is C23H18N6O3S. The van der Waals surface area contributed by atoms with Crippen LogP contribution in [0.5, 0.6) is 11.5 Å². The molecule has 33 heavy (non-hydrogen) atoms. The first-order chi connectivity index (χ1) is 16.1. The normalized spacial score (nSPS) is 10.8. The number of hydrogen-bond acceptors (Lipinski definition) is 9. The van der Waals surface area contributed by atoms with Crippen LogP contribution in [0.3, 0.4) is 0 Å². The van der Waals surface area contributed by atoms with Crippen molar-refractivity contribution < 1.29 is 14.3 Å². The van der Waals surface area contributed by atoms with Crippen molar-refractivity contribution in [3.05, 3.63) is 66.7 Å². The number of benzene rings is 2. The van der Waals surface area contributed by atoms with E-state index < -0.39 is 0 Å². The molecule has 2 aromatic carbocycles. The lowest BCUT2D eigenvalue weighted by Gasteiger charge is -2.12. The number of amides is 1. The number of carbonyl (C=O) groups is 1. The second kappa shape index (κ2) is 8.67. The highest BCUT2D eigenvalue weighted by Gasteiger charge is 2.13. The Labute approximate surface area is 192 Å². The van der Waals surface area contributed by atoms with E-state index in [-0.39, 0.29) is 5.91 Å². The molecule has 9 nitrogen and oxygen atoms in total. The Bertz CT molecular complexity index is 1470. The van der Waals surface area contributed by atoms with E-state index in [0.29, 0.717) is 28.0 Å². The van der Waals surface area contributed by atoms with E-state index in [0.717, 1.165) is 26.8 Å². The fourth-order valence-electron chi connectivity index (χ4n) is 3.35. The number of anilines is 3. The summed E-state index contributed by atoms with van der Waals surface area (Å²) in [5.74, 6) is 1.60.